The number of benzene rings is 1. The number of nitrogens with one attached hydrogen (secondary N) is 2. The van der Waals surface area contributed by atoms with E-state index in [9.17, 15) is 22.8 Å². The van der Waals surface area contributed by atoms with Gasteiger partial charge in [-0.25, -0.2) is 4.79 Å². The van der Waals surface area contributed by atoms with E-state index >= 15 is 0 Å². The molecule has 0 saturated carbocycles. The molecule has 0 aliphatic heterocycles. The molecular weight excluding hydrogens is 237 g/mol. The van der Waals surface area contributed by atoms with Crippen molar-refractivity contribution in [3.8, 4) is 0 Å². The van der Waals surface area contributed by atoms with Crippen LogP contribution in [-0.2, 0) is 4.79 Å². The van der Waals surface area contributed by atoms with Gasteiger partial charge < -0.3 is 5.32 Å². The van der Waals surface area contributed by atoms with Crippen LogP contribution in [-0.4, -0.2) is 18.1 Å². The molecule has 0 aromatic heterocycles. The molecule has 3 amide bonds. The van der Waals surface area contributed by atoms with Gasteiger partial charge in [-0.1, -0.05) is 12.1 Å². The molecule has 1 aromatic rings. The first-order valence-electron chi connectivity index (χ1n) is 4.55. The lowest BCUT2D eigenvalue weighted by molar-refractivity contribution is -0.172. The van der Waals surface area contributed by atoms with Gasteiger partial charge in [0, 0.05) is 5.69 Å². The number of amides is 3. The minimum absolute atomic E-state index is 0.303. The minimum atomic E-state index is -5.08. The summed E-state index contributed by atoms with van der Waals surface area (Å²) in [6.45, 7) is 1.75. The Hall–Kier alpha value is -2.05. The first-order valence-corrected chi connectivity index (χ1v) is 4.55. The van der Waals surface area contributed by atoms with Gasteiger partial charge in [-0.3, -0.25) is 10.1 Å². The molecule has 0 aliphatic rings. The third-order valence-corrected chi connectivity index (χ3v) is 1.76. The molecule has 0 radical (unpaired) electrons. The summed E-state index contributed by atoms with van der Waals surface area (Å²) in [5, 5.41) is 3.29. The second-order valence-corrected chi connectivity index (χ2v) is 3.28. The van der Waals surface area contributed by atoms with Crippen LogP contribution in [0.1, 0.15) is 5.56 Å². The number of alkyl halides is 3. The molecule has 0 saturated heterocycles. The highest BCUT2D eigenvalue weighted by atomic mass is 19.4. The van der Waals surface area contributed by atoms with Gasteiger partial charge in [-0.05, 0) is 24.6 Å². The molecule has 2 N–H and O–H groups in total. The maximum Gasteiger partial charge on any atom is 0.471 e. The second-order valence-electron chi connectivity index (χ2n) is 3.28. The van der Waals surface area contributed by atoms with Crippen molar-refractivity contribution >= 4 is 17.6 Å². The number of anilines is 1. The predicted octanol–water partition coefficient (Wildman–Crippen LogP) is 2.21. The first kappa shape index (κ1) is 13.0. The first-order chi connectivity index (χ1) is 7.79. The van der Waals surface area contributed by atoms with E-state index in [-0.39, 0.29) is 0 Å². The second kappa shape index (κ2) is 4.86. The third kappa shape index (κ3) is 4.13. The van der Waals surface area contributed by atoms with Crippen molar-refractivity contribution in [2.75, 3.05) is 5.32 Å². The minimum Gasteiger partial charge on any atom is -0.308 e. The maximum absolute atomic E-state index is 11.8. The molecule has 92 valence electrons. The molecule has 0 spiro atoms. The van der Waals surface area contributed by atoms with E-state index in [0.29, 0.717) is 5.69 Å². The molecule has 17 heavy (non-hydrogen) atoms. The van der Waals surface area contributed by atoms with Crippen molar-refractivity contribution in [1.82, 2.24) is 5.32 Å². The van der Waals surface area contributed by atoms with E-state index in [0.717, 1.165) is 5.56 Å². The SMILES string of the molecule is Cc1cccc(NC(=O)NC(=O)C(F)(F)F)c1. The topological polar surface area (TPSA) is 58.2 Å². The Morgan fingerprint density at radius 3 is 2.41 bits per heavy atom. The molecule has 0 fully saturated rings. The van der Waals surface area contributed by atoms with Crippen molar-refractivity contribution in [1.29, 1.82) is 0 Å². The molecule has 4 nitrogen and oxygen atoms in total. The van der Waals surface area contributed by atoms with Gasteiger partial charge in [0.25, 0.3) is 0 Å². The molecule has 0 bridgehead atoms. The summed E-state index contributed by atoms with van der Waals surface area (Å²) >= 11 is 0. The van der Waals surface area contributed by atoms with Crippen molar-refractivity contribution < 1.29 is 22.8 Å². The van der Waals surface area contributed by atoms with Gasteiger partial charge in [0.05, 0.1) is 0 Å². The van der Waals surface area contributed by atoms with E-state index in [1.54, 1.807) is 25.1 Å². The summed E-state index contributed by atoms with van der Waals surface area (Å²) in [5.41, 5.74) is 1.13. The summed E-state index contributed by atoms with van der Waals surface area (Å²) < 4.78 is 35.5. The van der Waals surface area contributed by atoms with E-state index < -0.39 is 18.1 Å². The van der Waals surface area contributed by atoms with Gasteiger partial charge >= 0.3 is 18.1 Å². The van der Waals surface area contributed by atoms with Crippen LogP contribution in [0.25, 0.3) is 0 Å². The van der Waals surface area contributed by atoms with E-state index in [4.69, 9.17) is 0 Å². The lowest BCUT2D eigenvalue weighted by Gasteiger charge is -2.08. The number of carbonyl (C=O) groups excluding carboxylic acids is 2. The lowest BCUT2D eigenvalue weighted by atomic mass is 10.2. The van der Waals surface area contributed by atoms with Crippen LogP contribution in [0.5, 0.6) is 0 Å². The number of halogens is 3. The number of carbonyl (C=O) groups is 2. The van der Waals surface area contributed by atoms with Crippen LogP contribution in [0, 0.1) is 6.92 Å². The summed E-state index contributed by atoms with van der Waals surface area (Å²) in [6, 6.07) is 5.20. The Balaban J connectivity index is 2.59. The van der Waals surface area contributed by atoms with Crippen molar-refractivity contribution in [2.24, 2.45) is 0 Å². The monoisotopic (exact) mass is 246 g/mol. The number of urea groups is 1. The Labute approximate surface area is 94.8 Å². The lowest BCUT2D eigenvalue weighted by Crippen LogP contribution is -2.42. The summed E-state index contributed by atoms with van der Waals surface area (Å²) in [6.07, 6.45) is -5.08. The molecule has 0 unspecified atom stereocenters. The molecule has 0 heterocycles. The Kier molecular flexibility index (Phi) is 3.72. The average Bonchev–Trinajstić information content (AvgIpc) is 2.15. The van der Waals surface area contributed by atoms with Gasteiger partial charge in [0.1, 0.15) is 0 Å². The highest BCUT2D eigenvalue weighted by molar-refractivity contribution is 6.02. The number of imide groups is 1. The molecule has 1 rings (SSSR count). The van der Waals surface area contributed by atoms with Gasteiger partial charge in [-0.2, -0.15) is 13.2 Å². The van der Waals surface area contributed by atoms with Crippen LogP contribution in [0.4, 0.5) is 23.7 Å². The Morgan fingerprint density at radius 2 is 1.88 bits per heavy atom. The standard InChI is InChI=1S/C10H9F3N2O2/c1-6-3-2-4-7(5-6)14-9(17)15-8(16)10(11,12)13/h2-5H,1H3,(H2,14,15,16,17). The Morgan fingerprint density at radius 1 is 1.24 bits per heavy atom. The van der Waals surface area contributed by atoms with Crippen LogP contribution in [0.15, 0.2) is 24.3 Å². The molecule has 7 heteroatoms. The van der Waals surface area contributed by atoms with Crippen molar-refractivity contribution in [2.45, 2.75) is 13.1 Å². The number of hydrogen-bond donors (Lipinski definition) is 2. The normalized spacial score (nSPS) is 10.8. The molecular formula is C10H9F3N2O2. The molecule has 0 aliphatic carbocycles. The third-order valence-electron chi connectivity index (χ3n) is 1.76. The quantitative estimate of drug-likeness (QED) is 0.798. The number of aryl methyl sites for hydroxylation is 1. The van der Waals surface area contributed by atoms with Gasteiger partial charge in [-0.15, -0.1) is 0 Å². The van der Waals surface area contributed by atoms with E-state index in [2.05, 4.69) is 5.32 Å². The molecule has 1 aromatic carbocycles. The number of hydrogen-bond acceptors (Lipinski definition) is 2. The number of rotatable bonds is 1. The van der Waals surface area contributed by atoms with Crippen LogP contribution in [0.2, 0.25) is 0 Å². The summed E-state index contributed by atoms with van der Waals surface area (Å²) in [5.74, 6) is -2.30. The zero-order valence-electron chi connectivity index (χ0n) is 8.76. The fraction of sp³-hybridized carbons (Fsp3) is 0.200. The van der Waals surface area contributed by atoms with E-state index in [1.165, 1.54) is 11.4 Å². The fourth-order valence-electron chi connectivity index (χ4n) is 1.06. The smallest absolute Gasteiger partial charge is 0.308 e. The predicted molar refractivity (Wildman–Crippen MR) is 54.4 cm³/mol. The maximum atomic E-state index is 11.8. The molecule has 0 atom stereocenters. The Bertz CT molecular complexity index is 443. The van der Waals surface area contributed by atoms with E-state index in [1.807, 2.05) is 0 Å². The fourth-order valence-corrected chi connectivity index (χ4v) is 1.06. The van der Waals surface area contributed by atoms with Crippen molar-refractivity contribution in [3.63, 3.8) is 0 Å². The zero-order valence-corrected chi connectivity index (χ0v) is 8.76. The largest absolute Gasteiger partial charge is 0.471 e. The highest BCUT2D eigenvalue weighted by Gasteiger charge is 2.39. The van der Waals surface area contributed by atoms with Crippen LogP contribution >= 0.6 is 0 Å². The summed E-state index contributed by atoms with van der Waals surface area (Å²) in [7, 11) is 0. The van der Waals surface area contributed by atoms with Crippen LogP contribution in [0.3, 0.4) is 0 Å². The van der Waals surface area contributed by atoms with Crippen LogP contribution < -0.4 is 10.6 Å². The van der Waals surface area contributed by atoms with Crippen molar-refractivity contribution in [3.05, 3.63) is 29.8 Å². The highest BCUT2D eigenvalue weighted by Crippen LogP contribution is 2.14. The van der Waals surface area contributed by atoms with Gasteiger partial charge in [0.2, 0.25) is 0 Å². The summed E-state index contributed by atoms with van der Waals surface area (Å²) in [4.78, 5) is 21.5. The average molecular weight is 246 g/mol. The zero-order chi connectivity index (χ0) is 13.1. The van der Waals surface area contributed by atoms with Gasteiger partial charge in [0.15, 0.2) is 0 Å².